The number of likely N-dealkylation sites (tertiary alicyclic amines) is 1. The predicted molar refractivity (Wildman–Crippen MR) is 139 cm³/mol. The molecule has 3 rings (SSSR count). The average molecular weight is 545 g/mol. The summed E-state index contributed by atoms with van der Waals surface area (Å²) in [6.07, 6.45) is 9.49. The summed E-state index contributed by atoms with van der Waals surface area (Å²) in [6.45, 7) is 9.60. The van der Waals surface area contributed by atoms with E-state index in [9.17, 15) is 5.11 Å². The van der Waals surface area contributed by atoms with Crippen LogP contribution in [0.2, 0.25) is 0 Å². The van der Waals surface area contributed by atoms with Gasteiger partial charge in [0.2, 0.25) is 0 Å². The highest BCUT2D eigenvalue weighted by atomic mass is 127. The maximum absolute atomic E-state index is 9.88. The van der Waals surface area contributed by atoms with E-state index in [-0.39, 0.29) is 29.7 Å². The summed E-state index contributed by atoms with van der Waals surface area (Å²) in [5, 5.41) is 16.9. The van der Waals surface area contributed by atoms with Crippen molar-refractivity contribution < 1.29 is 9.84 Å². The van der Waals surface area contributed by atoms with Crippen molar-refractivity contribution in [1.82, 2.24) is 15.5 Å². The number of guanidine groups is 1. The molecule has 3 N–H and O–H groups in total. The molecule has 0 radical (unpaired) electrons. The molecule has 1 heterocycles. The number of nitrogens with zero attached hydrogens (tertiary/aromatic N) is 2. The van der Waals surface area contributed by atoms with Crippen molar-refractivity contribution >= 4 is 29.9 Å². The van der Waals surface area contributed by atoms with Crippen molar-refractivity contribution in [2.45, 2.75) is 71.4 Å². The van der Waals surface area contributed by atoms with Crippen LogP contribution in [0.1, 0.15) is 64.4 Å². The molecule has 1 aromatic carbocycles. The number of piperidine rings is 1. The van der Waals surface area contributed by atoms with Gasteiger partial charge in [0.1, 0.15) is 0 Å². The third-order valence-electron chi connectivity index (χ3n) is 6.26. The van der Waals surface area contributed by atoms with Crippen LogP contribution in [0, 0.1) is 5.92 Å². The largest absolute Gasteiger partial charge is 0.504 e. The Labute approximate surface area is 205 Å². The Morgan fingerprint density at radius 2 is 1.87 bits per heavy atom. The molecule has 0 aromatic heterocycles. The van der Waals surface area contributed by atoms with Gasteiger partial charge in [0.15, 0.2) is 17.5 Å². The van der Waals surface area contributed by atoms with E-state index in [2.05, 4.69) is 22.5 Å². The van der Waals surface area contributed by atoms with Crippen LogP contribution in [0.3, 0.4) is 0 Å². The summed E-state index contributed by atoms with van der Waals surface area (Å²) in [6, 6.07) is 5.92. The van der Waals surface area contributed by atoms with Gasteiger partial charge in [-0.1, -0.05) is 25.3 Å². The molecular weight excluding hydrogens is 503 g/mol. The van der Waals surface area contributed by atoms with Gasteiger partial charge in [0.05, 0.1) is 13.2 Å². The first-order valence-electron chi connectivity index (χ1n) is 11.9. The number of ether oxygens (including phenoxy) is 1. The first-order valence-corrected chi connectivity index (χ1v) is 11.9. The van der Waals surface area contributed by atoms with Gasteiger partial charge in [-0.3, -0.25) is 0 Å². The van der Waals surface area contributed by atoms with Crippen molar-refractivity contribution in [1.29, 1.82) is 0 Å². The average Bonchev–Trinajstić information content (AvgIpc) is 2.76. The van der Waals surface area contributed by atoms with Gasteiger partial charge in [-0.25, -0.2) is 4.99 Å². The number of hydrogen-bond donors (Lipinski definition) is 3. The van der Waals surface area contributed by atoms with Gasteiger partial charge in [-0.05, 0) is 63.1 Å². The first kappa shape index (κ1) is 26.0. The summed E-state index contributed by atoms with van der Waals surface area (Å²) in [7, 11) is 0. The molecule has 176 valence electrons. The highest BCUT2D eigenvalue weighted by molar-refractivity contribution is 14.0. The molecule has 7 heteroatoms. The second-order valence-corrected chi connectivity index (χ2v) is 8.65. The van der Waals surface area contributed by atoms with E-state index in [4.69, 9.17) is 9.73 Å². The minimum atomic E-state index is 0. The number of aliphatic imine (C=N–C) groups is 1. The number of nitrogens with one attached hydrogen (secondary N) is 2. The zero-order valence-corrected chi connectivity index (χ0v) is 21.6. The number of phenols is 1. The smallest absolute Gasteiger partial charge is 0.191 e. The molecule has 1 aliphatic heterocycles. The number of phenolic OH excluding ortho intramolecular Hbond substituents is 1. The maximum atomic E-state index is 9.88. The normalized spacial score (nSPS) is 19.0. The lowest BCUT2D eigenvalue weighted by Gasteiger charge is -2.36. The summed E-state index contributed by atoms with van der Waals surface area (Å²) >= 11 is 0. The van der Waals surface area contributed by atoms with E-state index >= 15 is 0 Å². The quantitative estimate of drug-likeness (QED) is 0.255. The lowest BCUT2D eigenvalue weighted by atomic mass is 9.88. The van der Waals surface area contributed by atoms with E-state index in [1.54, 1.807) is 6.07 Å². The van der Waals surface area contributed by atoms with E-state index in [1.807, 2.05) is 19.1 Å². The van der Waals surface area contributed by atoms with Crippen LogP contribution in [-0.4, -0.2) is 54.8 Å². The summed E-state index contributed by atoms with van der Waals surface area (Å²) in [5.74, 6) is 2.49. The van der Waals surface area contributed by atoms with E-state index in [0.29, 0.717) is 24.9 Å². The molecule has 1 aromatic rings. The zero-order valence-electron chi connectivity index (χ0n) is 19.2. The van der Waals surface area contributed by atoms with E-state index < -0.39 is 0 Å². The minimum Gasteiger partial charge on any atom is -0.504 e. The van der Waals surface area contributed by atoms with E-state index in [1.165, 1.54) is 64.6 Å². The third kappa shape index (κ3) is 8.67. The molecule has 2 fully saturated rings. The van der Waals surface area contributed by atoms with Crippen LogP contribution in [0.15, 0.2) is 23.2 Å². The Kier molecular flexibility index (Phi) is 11.8. The summed E-state index contributed by atoms with van der Waals surface area (Å²) in [4.78, 5) is 7.44. The van der Waals surface area contributed by atoms with Gasteiger partial charge in [-0.15, -0.1) is 24.0 Å². The maximum Gasteiger partial charge on any atom is 0.191 e. The molecule has 0 bridgehead atoms. The van der Waals surface area contributed by atoms with Crippen LogP contribution in [-0.2, 0) is 6.54 Å². The molecule has 0 amide bonds. The summed E-state index contributed by atoms with van der Waals surface area (Å²) in [5.41, 5.74) is 1.02. The van der Waals surface area contributed by atoms with Crippen molar-refractivity contribution in [2.75, 3.05) is 32.8 Å². The lowest BCUT2D eigenvalue weighted by molar-refractivity contribution is 0.160. The SMILES string of the molecule is CCNC(=NCc1ccc(O)c(OCC)c1)NC1CCN(CC2CCCCC2)CC1.I. The number of rotatable bonds is 8. The Bertz CT molecular complexity index is 672. The predicted octanol–water partition coefficient (Wildman–Crippen LogP) is 4.51. The first-order chi connectivity index (χ1) is 14.7. The third-order valence-corrected chi connectivity index (χ3v) is 6.26. The van der Waals surface area contributed by atoms with Crippen LogP contribution in [0.4, 0.5) is 0 Å². The van der Waals surface area contributed by atoms with Crippen LogP contribution < -0.4 is 15.4 Å². The van der Waals surface area contributed by atoms with E-state index in [0.717, 1.165) is 24.0 Å². The monoisotopic (exact) mass is 544 g/mol. The lowest BCUT2D eigenvalue weighted by Crippen LogP contribution is -2.49. The Balaban J connectivity index is 0.00000341. The molecule has 1 saturated heterocycles. The number of benzene rings is 1. The van der Waals surface area contributed by atoms with Gasteiger partial charge >= 0.3 is 0 Å². The van der Waals surface area contributed by atoms with Crippen LogP contribution >= 0.6 is 24.0 Å². The standard InChI is InChI=1S/C24H40N4O2.HI/c1-3-25-24(26-17-20-10-11-22(29)23(16-20)30-4-2)27-21-12-14-28(15-13-21)18-19-8-6-5-7-9-19;/h10-11,16,19,21,29H,3-9,12-15,17-18H2,1-2H3,(H2,25,26,27);1H. The highest BCUT2D eigenvalue weighted by Gasteiger charge is 2.23. The molecule has 0 spiro atoms. The molecule has 1 aliphatic carbocycles. The fraction of sp³-hybridized carbons (Fsp3) is 0.708. The van der Waals surface area contributed by atoms with Crippen molar-refractivity contribution in [3.8, 4) is 11.5 Å². The number of halogens is 1. The second kappa shape index (κ2) is 14.0. The molecule has 6 nitrogen and oxygen atoms in total. The van der Waals surface area contributed by atoms with Gasteiger partial charge in [-0.2, -0.15) is 0 Å². The molecule has 0 unspecified atom stereocenters. The van der Waals surface area contributed by atoms with Crippen LogP contribution in [0.5, 0.6) is 11.5 Å². The fourth-order valence-electron chi connectivity index (χ4n) is 4.61. The number of aromatic hydroxyl groups is 1. The molecule has 0 atom stereocenters. The fourth-order valence-corrected chi connectivity index (χ4v) is 4.61. The molecule has 31 heavy (non-hydrogen) atoms. The minimum absolute atomic E-state index is 0. The topological polar surface area (TPSA) is 69.1 Å². The van der Waals surface area contributed by atoms with Gasteiger partial charge in [0.25, 0.3) is 0 Å². The second-order valence-electron chi connectivity index (χ2n) is 8.65. The Morgan fingerprint density at radius 1 is 1.13 bits per heavy atom. The Morgan fingerprint density at radius 3 is 2.55 bits per heavy atom. The van der Waals surface area contributed by atoms with Crippen molar-refractivity contribution in [2.24, 2.45) is 10.9 Å². The van der Waals surface area contributed by atoms with Crippen LogP contribution in [0.25, 0.3) is 0 Å². The van der Waals surface area contributed by atoms with Crippen molar-refractivity contribution in [3.05, 3.63) is 23.8 Å². The zero-order chi connectivity index (χ0) is 21.2. The molecular formula is C24H41IN4O2. The number of hydrogen-bond acceptors (Lipinski definition) is 4. The highest BCUT2D eigenvalue weighted by Crippen LogP contribution is 2.27. The van der Waals surface area contributed by atoms with Gasteiger partial charge in [0, 0.05) is 32.2 Å². The molecule has 2 aliphatic rings. The Hall–Kier alpha value is -1.22. The van der Waals surface area contributed by atoms with Crippen molar-refractivity contribution in [3.63, 3.8) is 0 Å². The summed E-state index contributed by atoms with van der Waals surface area (Å²) < 4.78 is 5.48. The molecule has 1 saturated carbocycles. The van der Waals surface area contributed by atoms with Gasteiger partial charge < -0.3 is 25.4 Å².